The van der Waals surface area contributed by atoms with Gasteiger partial charge < -0.3 is 10.2 Å². The zero-order valence-electron chi connectivity index (χ0n) is 10.5. The predicted molar refractivity (Wildman–Crippen MR) is 62.5 cm³/mol. The van der Waals surface area contributed by atoms with Crippen LogP contribution in [0.25, 0.3) is 0 Å². The second kappa shape index (κ2) is 5.31. The molecule has 0 aromatic carbocycles. The average Bonchev–Trinajstić information content (AvgIpc) is 2.13. The summed E-state index contributed by atoms with van der Waals surface area (Å²) in [6, 6.07) is 0. The van der Waals surface area contributed by atoms with E-state index >= 15 is 0 Å². The Kier molecular flexibility index (Phi) is 4.60. The lowest BCUT2D eigenvalue weighted by Gasteiger charge is -2.36. The van der Waals surface area contributed by atoms with Gasteiger partial charge in [0.2, 0.25) is 0 Å². The van der Waals surface area contributed by atoms with Gasteiger partial charge in [-0.15, -0.1) is 0 Å². The van der Waals surface area contributed by atoms with Crippen molar-refractivity contribution in [3.8, 4) is 0 Å². The third-order valence-corrected chi connectivity index (χ3v) is 3.73. The Morgan fingerprint density at radius 3 is 1.80 bits per heavy atom. The van der Waals surface area contributed by atoms with Gasteiger partial charge in [0.05, 0.1) is 12.2 Å². The van der Waals surface area contributed by atoms with E-state index < -0.39 is 12.2 Å². The van der Waals surface area contributed by atoms with Crippen LogP contribution in [0.5, 0.6) is 0 Å². The molecular weight excluding hydrogens is 188 g/mol. The summed E-state index contributed by atoms with van der Waals surface area (Å²) in [5, 5.41) is 20.0. The molecule has 0 heterocycles. The Balaban J connectivity index is 2.54. The van der Waals surface area contributed by atoms with E-state index in [4.69, 9.17) is 0 Å². The molecule has 4 unspecified atom stereocenters. The van der Waals surface area contributed by atoms with E-state index in [0.717, 1.165) is 12.8 Å². The van der Waals surface area contributed by atoms with Gasteiger partial charge in [-0.2, -0.15) is 0 Å². The van der Waals surface area contributed by atoms with E-state index in [2.05, 4.69) is 13.8 Å². The molecule has 0 amide bonds. The van der Waals surface area contributed by atoms with E-state index in [1.165, 1.54) is 6.42 Å². The van der Waals surface area contributed by atoms with Gasteiger partial charge in [-0.1, -0.05) is 27.7 Å². The monoisotopic (exact) mass is 214 g/mol. The summed E-state index contributed by atoms with van der Waals surface area (Å²) in [6.45, 7) is 8.42. The largest absolute Gasteiger partial charge is 0.390 e. The molecule has 2 N–H and O–H groups in total. The second-order valence-electron chi connectivity index (χ2n) is 5.90. The standard InChI is InChI=1S/C13H26O2/c1-8(2)12(14)13(15)11-6-9(3)5-10(4)7-11/h8-15H,5-7H2,1-4H3. The fourth-order valence-electron chi connectivity index (χ4n) is 2.96. The van der Waals surface area contributed by atoms with Crippen LogP contribution in [0.2, 0.25) is 0 Å². The number of aliphatic hydroxyl groups is 2. The zero-order chi connectivity index (χ0) is 11.6. The number of hydrogen-bond donors (Lipinski definition) is 2. The molecule has 2 heteroatoms. The molecule has 0 saturated heterocycles. The van der Waals surface area contributed by atoms with Crippen LogP contribution in [-0.2, 0) is 0 Å². The summed E-state index contributed by atoms with van der Waals surface area (Å²) in [5.41, 5.74) is 0. The van der Waals surface area contributed by atoms with E-state index in [1.807, 2.05) is 13.8 Å². The summed E-state index contributed by atoms with van der Waals surface area (Å²) in [4.78, 5) is 0. The lowest BCUT2D eigenvalue weighted by atomic mass is 9.73. The molecule has 90 valence electrons. The van der Waals surface area contributed by atoms with Gasteiger partial charge >= 0.3 is 0 Å². The molecule has 1 fully saturated rings. The van der Waals surface area contributed by atoms with Crippen LogP contribution >= 0.6 is 0 Å². The van der Waals surface area contributed by atoms with Crippen LogP contribution in [0, 0.1) is 23.7 Å². The van der Waals surface area contributed by atoms with Crippen molar-refractivity contribution in [1.82, 2.24) is 0 Å². The van der Waals surface area contributed by atoms with Crippen LogP contribution in [-0.4, -0.2) is 22.4 Å². The van der Waals surface area contributed by atoms with Crippen LogP contribution < -0.4 is 0 Å². The van der Waals surface area contributed by atoms with Crippen molar-refractivity contribution in [3.05, 3.63) is 0 Å². The highest BCUT2D eigenvalue weighted by atomic mass is 16.3. The van der Waals surface area contributed by atoms with Crippen LogP contribution in [0.4, 0.5) is 0 Å². The van der Waals surface area contributed by atoms with Gasteiger partial charge in [0.25, 0.3) is 0 Å². The van der Waals surface area contributed by atoms with Gasteiger partial charge in [0, 0.05) is 0 Å². The minimum absolute atomic E-state index is 0.146. The van der Waals surface area contributed by atoms with E-state index in [9.17, 15) is 10.2 Å². The maximum atomic E-state index is 10.1. The fraction of sp³-hybridized carbons (Fsp3) is 1.00. The highest BCUT2D eigenvalue weighted by Gasteiger charge is 2.33. The van der Waals surface area contributed by atoms with Crippen molar-refractivity contribution in [1.29, 1.82) is 0 Å². The molecule has 15 heavy (non-hydrogen) atoms. The number of aliphatic hydroxyl groups excluding tert-OH is 2. The van der Waals surface area contributed by atoms with Crippen molar-refractivity contribution in [2.75, 3.05) is 0 Å². The summed E-state index contributed by atoms with van der Waals surface area (Å²) in [7, 11) is 0. The first-order valence-electron chi connectivity index (χ1n) is 6.28. The highest BCUT2D eigenvalue weighted by Crippen LogP contribution is 2.36. The third-order valence-electron chi connectivity index (χ3n) is 3.73. The summed E-state index contributed by atoms with van der Waals surface area (Å²) < 4.78 is 0. The highest BCUT2D eigenvalue weighted by molar-refractivity contribution is 4.84. The molecule has 1 rings (SSSR count). The molecule has 0 aromatic heterocycles. The van der Waals surface area contributed by atoms with Crippen LogP contribution in [0.3, 0.4) is 0 Å². The molecular formula is C13H26O2. The van der Waals surface area contributed by atoms with Gasteiger partial charge in [-0.05, 0) is 42.9 Å². The molecule has 0 radical (unpaired) electrons. The second-order valence-corrected chi connectivity index (χ2v) is 5.90. The SMILES string of the molecule is CC1CC(C)CC(C(O)C(O)C(C)C)C1. The van der Waals surface area contributed by atoms with Crippen molar-refractivity contribution < 1.29 is 10.2 Å². The lowest BCUT2D eigenvalue weighted by Crippen LogP contribution is -2.40. The average molecular weight is 214 g/mol. The molecule has 0 spiro atoms. The molecule has 0 bridgehead atoms. The minimum atomic E-state index is -0.563. The van der Waals surface area contributed by atoms with Crippen LogP contribution in [0.1, 0.15) is 47.0 Å². The van der Waals surface area contributed by atoms with Gasteiger partial charge in [0.1, 0.15) is 0 Å². The van der Waals surface area contributed by atoms with Crippen molar-refractivity contribution >= 4 is 0 Å². The van der Waals surface area contributed by atoms with Crippen molar-refractivity contribution in [2.45, 2.75) is 59.2 Å². The first-order chi connectivity index (χ1) is 6.91. The Bertz CT molecular complexity index is 181. The Labute approximate surface area is 93.7 Å². The third kappa shape index (κ3) is 3.46. The van der Waals surface area contributed by atoms with Crippen molar-refractivity contribution in [3.63, 3.8) is 0 Å². The Morgan fingerprint density at radius 2 is 1.40 bits per heavy atom. The van der Waals surface area contributed by atoms with E-state index in [-0.39, 0.29) is 5.92 Å². The molecule has 0 aromatic rings. The molecule has 1 aliphatic rings. The number of rotatable bonds is 3. The quantitative estimate of drug-likeness (QED) is 0.757. The predicted octanol–water partition coefficient (Wildman–Crippen LogP) is 2.44. The van der Waals surface area contributed by atoms with E-state index in [1.54, 1.807) is 0 Å². The molecule has 0 aliphatic heterocycles. The minimum Gasteiger partial charge on any atom is -0.390 e. The van der Waals surface area contributed by atoms with Crippen molar-refractivity contribution in [2.24, 2.45) is 23.7 Å². The summed E-state index contributed by atoms with van der Waals surface area (Å²) in [6.07, 6.45) is 2.30. The normalized spacial score (nSPS) is 36.6. The molecule has 1 aliphatic carbocycles. The Morgan fingerprint density at radius 1 is 0.933 bits per heavy atom. The van der Waals surface area contributed by atoms with Gasteiger partial charge in [0.15, 0.2) is 0 Å². The smallest absolute Gasteiger partial charge is 0.0829 e. The summed E-state index contributed by atoms with van der Waals surface area (Å²) in [5.74, 6) is 1.81. The first kappa shape index (κ1) is 13.0. The topological polar surface area (TPSA) is 40.5 Å². The maximum absolute atomic E-state index is 10.1. The zero-order valence-corrected chi connectivity index (χ0v) is 10.5. The molecule has 2 nitrogen and oxygen atoms in total. The number of hydrogen-bond acceptors (Lipinski definition) is 2. The lowest BCUT2D eigenvalue weighted by molar-refractivity contribution is -0.0576. The van der Waals surface area contributed by atoms with E-state index in [0.29, 0.717) is 17.8 Å². The van der Waals surface area contributed by atoms with Gasteiger partial charge in [-0.3, -0.25) is 0 Å². The Hall–Kier alpha value is -0.0800. The van der Waals surface area contributed by atoms with Crippen LogP contribution in [0.15, 0.2) is 0 Å². The molecule has 1 saturated carbocycles. The fourth-order valence-corrected chi connectivity index (χ4v) is 2.96. The first-order valence-corrected chi connectivity index (χ1v) is 6.28. The van der Waals surface area contributed by atoms with Gasteiger partial charge in [-0.25, -0.2) is 0 Å². The maximum Gasteiger partial charge on any atom is 0.0829 e. The summed E-state index contributed by atoms with van der Waals surface area (Å²) >= 11 is 0. The molecule has 4 atom stereocenters.